The predicted octanol–water partition coefficient (Wildman–Crippen LogP) is 3.57. The molecule has 1 N–H and O–H groups in total. The average Bonchev–Trinajstić information content (AvgIpc) is 3.19. The fourth-order valence-corrected chi connectivity index (χ4v) is 2.88. The summed E-state index contributed by atoms with van der Waals surface area (Å²) in [7, 11) is 1.52. The van der Waals surface area contributed by atoms with E-state index in [0.717, 1.165) is 22.9 Å². The summed E-state index contributed by atoms with van der Waals surface area (Å²) in [4.78, 5) is 30.2. The van der Waals surface area contributed by atoms with E-state index in [0.29, 0.717) is 17.0 Å². The van der Waals surface area contributed by atoms with E-state index in [1.54, 1.807) is 24.3 Å². The van der Waals surface area contributed by atoms with Crippen LogP contribution in [0.4, 0.5) is 18.9 Å². The average molecular weight is 419 g/mol. The minimum Gasteiger partial charge on any atom is -0.497 e. The summed E-state index contributed by atoms with van der Waals surface area (Å²) in [6.45, 7) is 3.39. The molecular weight excluding hydrogens is 401 g/mol. The number of benzene rings is 2. The van der Waals surface area contributed by atoms with Gasteiger partial charge in [-0.1, -0.05) is 6.58 Å². The Hall–Kier alpha value is -3.62. The molecule has 0 fully saturated rings. The van der Waals surface area contributed by atoms with E-state index in [2.05, 4.69) is 11.9 Å². The van der Waals surface area contributed by atoms with Crippen molar-refractivity contribution in [2.45, 2.75) is 18.7 Å². The van der Waals surface area contributed by atoms with Crippen molar-refractivity contribution < 1.29 is 37.1 Å². The van der Waals surface area contributed by atoms with Gasteiger partial charge in [0.2, 0.25) is 0 Å². The number of nitrogens with one attached hydrogen (secondary N) is 1. The van der Waals surface area contributed by atoms with Crippen molar-refractivity contribution in [1.82, 2.24) is 0 Å². The fraction of sp³-hybridized carbons (Fsp3) is 0.190. The van der Waals surface area contributed by atoms with Gasteiger partial charge < -0.3 is 10.1 Å². The lowest BCUT2D eigenvalue weighted by Gasteiger charge is -2.08. The van der Waals surface area contributed by atoms with Gasteiger partial charge in [-0.3, -0.25) is 9.63 Å². The van der Waals surface area contributed by atoms with Crippen LogP contribution in [0.15, 0.2) is 61.2 Å². The molecule has 1 heterocycles. The zero-order chi connectivity index (χ0) is 21.9. The third-order valence-corrected chi connectivity index (χ3v) is 4.43. The normalized spacial score (nSPS) is 16.1. The second kappa shape index (κ2) is 8.40. The Kier molecular flexibility index (Phi) is 5.91. The Morgan fingerprint density at radius 1 is 1.17 bits per heavy atom. The van der Waals surface area contributed by atoms with Crippen LogP contribution in [0.3, 0.4) is 0 Å². The lowest BCUT2D eigenvalue weighted by Crippen LogP contribution is -2.30. The maximum Gasteiger partial charge on any atom is 0.458 e. The number of amides is 2. The minimum absolute atomic E-state index is 0.00701. The van der Waals surface area contributed by atoms with Crippen molar-refractivity contribution in [3.05, 3.63) is 72.3 Å². The summed E-state index contributed by atoms with van der Waals surface area (Å²) >= 11 is 0. The zero-order valence-corrected chi connectivity index (χ0v) is 15.9. The summed E-state index contributed by atoms with van der Waals surface area (Å²) in [5, 5.41) is 2.67. The van der Waals surface area contributed by atoms with Gasteiger partial charge in [0, 0.05) is 11.3 Å². The van der Waals surface area contributed by atoms with Gasteiger partial charge in [0.1, 0.15) is 5.75 Å². The van der Waals surface area contributed by atoms with Crippen molar-refractivity contribution in [3.63, 3.8) is 0 Å². The van der Waals surface area contributed by atoms with Crippen molar-refractivity contribution in [1.29, 1.82) is 0 Å². The van der Waals surface area contributed by atoms with Gasteiger partial charge >= 0.3 is 12.1 Å². The highest BCUT2D eigenvalue weighted by Crippen LogP contribution is 2.30. The quantitative estimate of drug-likeness (QED) is 0.594. The number of alkyl halides is 3. The number of hydrogen-bond acceptors (Lipinski definition) is 4. The van der Waals surface area contributed by atoms with Gasteiger partial charge in [0.15, 0.2) is 0 Å². The van der Waals surface area contributed by atoms with Gasteiger partial charge in [0.05, 0.1) is 29.9 Å². The van der Waals surface area contributed by atoms with Crippen LogP contribution < -0.4 is 10.1 Å². The Bertz CT molecular complexity index is 996. The first-order valence-corrected chi connectivity index (χ1v) is 8.84. The van der Waals surface area contributed by atoms with Crippen molar-refractivity contribution in [2.24, 2.45) is 0 Å². The van der Waals surface area contributed by atoms with Gasteiger partial charge in [-0.25, -0.2) is 4.79 Å². The lowest BCUT2D eigenvalue weighted by atomic mass is 10.0. The van der Waals surface area contributed by atoms with E-state index >= 15 is 0 Å². The van der Waals surface area contributed by atoms with Crippen LogP contribution in [0, 0.1) is 0 Å². The van der Waals surface area contributed by atoms with Crippen molar-refractivity contribution >= 4 is 23.2 Å². The molecule has 2 aromatic carbocycles. The monoisotopic (exact) mass is 419 g/mol. The lowest BCUT2D eigenvalue weighted by molar-refractivity contribution is -0.713. The van der Waals surface area contributed by atoms with Crippen LogP contribution in [0.1, 0.15) is 17.5 Å². The molecule has 2 aromatic rings. The zero-order valence-electron chi connectivity index (χ0n) is 15.9. The van der Waals surface area contributed by atoms with E-state index < -0.39 is 29.7 Å². The number of anilines is 1. The van der Waals surface area contributed by atoms with E-state index in [-0.39, 0.29) is 12.1 Å². The van der Waals surface area contributed by atoms with Crippen LogP contribution in [-0.4, -0.2) is 35.5 Å². The highest BCUT2D eigenvalue weighted by molar-refractivity contribution is 6.05. The third kappa shape index (κ3) is 4.51. The van der Waals surface area contributed by atoms with Gasteiger partial charge in [-0.15, -0.1) is 0 Å². The minimum atomic E-state index is -4.48. The molecule has 0 unspecified atom stereocenters. The number of hydrogen-bond donors (Lipinski definition) is 1. The highest BCUT2D eigenvalue weighted by Gasteiger charge is 2.43. The molecule has 0 saturated heterocycles. The maximum atomic E-state index is 12.8. The molecule has 30 heavy (non-hydrogen) atoms. The summed E-state index contributed by atoms with van der Waals surface area (Å²) in [6.07, 6.45) is -4.54. The van der Waals surface area contributed by atoms with Gasteiger partial charge in [-0.05, 0) is 48.5 Å². The van der Waals surface area contributed by atoms with E-state index in [1.807, 2.05) is 0 Å². The van der Waals surface area contributed by atoms with Crippen LogP contribution in [0.2, 0.25) is 0 Å². The Balaban J connectivity index is 1.80. The molecule has 0 radical (unpaired) electrons. The molecule has 0 saturated carbocycles. The highest BCUT2D eigenvalue weighted by atomic mass is 19.4. The molecule has 3 rings (SSSR count). The van der Waals surface area contributed by atoms with E-state index in [9.17, 15) is 22.8 Å². The SMILES string of the molecule is C=CC(=O)[N+]1=C(c2ccc(C(F)(F)F)cc2)C[C@H](C(=O)Nc2ccc(OC)cc2)O1. The smallest absolute Gasteiger partial charge is 0.458 e. The molecule has 6 nitrogen and oxygen atoms in total. The number of ether oxygens (including phenoxy) is 1. The standard InChI is InChI=1S/C21H17F3N2O4/c1-3-19(27)26-17(13-4-6-14(7-5-13)21(22,23)24)12-18(30-26)20(28)25-15-8-10-16(29-2)11-9-15/h3-11,18H,1,12H2,2H3/p+1/t18-/m1/s1. The molecule has 1 aliphatic rings. The maximum absolute atomic E-state index is 12.8. The van der Waals surface area contributed by atoms with Crippen LogP contribution in [-0.2, 0) is 20.6 Å². The number of methoxy groups -OCH3 is 1. The molecular formula is C21H18F3N2O4+. The number of carbonyl (C=O) groups is 2. The second-order valence-corrected chi connectivity index (χ2v) is 6.37. The second-order valence-electron chi connectivity index (χ2n) is 6.37. The molecule has 0 aliphatic carbocycles. The first-order valence-electron chi connectivity index (χ1n) is 8.84. The molecule has 156 valence electrons. The number of hydroxylamine groups is 1. The summed E-state index contributed by atoms with van der Waals surface area (Å²) in [6, 6.07) is 10.9. The van der Waals surface area contributed by atoms with Gasteiger partial charge in [-0.2, -0.15) is 13.2 Å². The number of nitrogens with zero attached hydrogens (tertiary/aromatic N) is 1. The fourth-order valence-electron chi connectivity index (χ4n) is 2.88. The van der Waals surface area contributed by atoms with Crippen LogP contribution >= 0.6 is 0 Å². The topological polar surface area (TPSA) is 67.6 Å². The molecule has 1 atom stereocenters. The number of halogens is 3. The largest absolute Gasteiger partial charge is 0.497 e. The predicted molar refractivity (Wildman–Crippen MR) is 102 cm³/mol. The summed E-state index contributed by atoms with van der Waals surface area (Å²) in [5.74, 6) is -0.528. The first kappa shape index (κ1) is 21.1. The Morgan fingerprint density at radius 3 is 2.33 bits per heavy atom. The Labute approximate surface area is 170 Å². The summed E-state index contributed by atoms with van der Waals surface area (Å²) < 4.78 is 44.4. The number of rotatable bonds is 5. The summed E-state index contributed by atoms with van der Waals surface area (Å²) in [5.41, 5.74) is 0.275. The van der Waals surface area contributed by atoms with Crippen LogP contribution in [0.25, 0.3) is 0 Å². The van der Waals surface area contributed by atoms with Gasteiger partial charge in [0.25, 0.3) is 17.7 Å². The van der Waals surface area contributed by atoms with E-state index in [4.69, 9.17) is 9.57 Å². The molecule has 1 aliphatic heterocycles. The number of carbonyl (C=O) groups excluding carboxylic acids is 2. The first-order chi connectivity index (χ1) is 14.2. The third-order valence-electron chi connectivity index (χ3n) is 4.43. The molecule has 0 bridgehead atoms. The van der Waals surface area contributed by atoms with Crippen molar-refractivity contribution in [2.75, 3.05) is 12.4 Å². The Morgan fingerprint density at radius 2 is 1.80 bits per heavy atom. The molecule has 0 spiro atoms. The van der Waals surface area contributed by atoms with Crippen LogP contribution in [0.5, 0.6) is 5.75 Å². The van der Waals surface area contributed by atoms with Crippen molar-refractivity contribution in [3.8, 4) is 5.75 Å². The molecule has 9 heteroatoms. The molecule has 0 aromatic heterocycles. The van der Waals surface area contributed by atoms with E-state index in [1.165, 1.54) is 19.2 Å². The molecule has 2 amide bonds.